The van der Waals surface area contributed by atoms with Crippen LogP contribution in [0.3, 0.4) is 0 Å². The summed E-state index contributed by atoms with van der Waals surface area (Å²) in [7, 11) is 0. The van der Waals surface area contributed by atoms with E-state index in [0.29, 0.717) is 11.4 Å². The van der Waals surface area contributed by atoms with Crippen molar-refractivity contribution in [3.63, 3.8) is 0 Å². The summed E-state index contributed by atoms with van der Waals surface area (Å²) in [6, 6.07) is 11.6. The maximum Gasteiger partial charge on any atom is 0.0935 e. The van der Waals surface area contributed by atoms with Crippen LogP contribution < -0.4 is 5.73 Å². The zero-order valence-corrected chi connectivity index (χ0v) is 9.14. The molecule has 1 aromatic heterocycles. The quantitative estimate of drug-likeness (QED) is 0.805. The minimum atomic E-state index is -0.0635. The summed E-state index contributed by atoms with van der Waals surface area (Å²) in [6.45, 7) is 1.83. The second-order valence-electron chi connectivity index (χ2n) is 3.71. The molecule has 3 heteroatoms. The van der Waals surface area contributed by atoms with E-state index < -0.39 is 0 Å². The van der Waals surface area contributed by atoms with Gasteiger partial charge in [-0.15, -0.1) is 0 Å². The first-order chi connectivity index (χ1) is 7.72. The molecule has 0 aliphatic heterocycles. The minimum absolute atomic E-state index is 0.0635. The van der Waals surface area contributed by atoms with E-state index >= 15 is 0 Å². The highest BCUT2D eigenvalue weighted by atomic mass is 16.3. The first-order valence-electron chi connectivity index (χ1n) is 5.14. The lowest BCUT2D eigenvalue weighted by atomic mass is 10.1. The molecule has 3 nitrogen and oxygen atoms in total. The van der Waals surface area contributed by atoms with Crippen molar-refractivity contribution >= 4 is 5.69 Å². The fourth-order valence-corrected chi connectivity index (χ4v) is 1.66. The highest BCUT2D eigenvalue weighted by Crippen LogP contribution is 2.25. The van der Waals surface area contributed by atoms with Gasteiger partial charge in [0.2, 0.25) is 0 Å². The Morgan fingerprint density at radius 2 is 1.94 bits per heavy atom. The van der Waals surface area contributed by atoms with Crippen LogP contribution in [0.25, 0.3) is 11.3 Å². The molecule has 16 heavy (non-hydrogen) atoms. The number of hydrogen-bond donors (Lipinski definition) is 2. The van der Waals surface area contributed by atoms with Crippen molar-refractivity contribution in [2.45, 2.75) is 13.5 Å². The van der Waals surface area contributed by atoms with Crippen LogP contribution in [-0.2, 0) is 6.61 Å². The third-order valence-electron chi connectivity index (χ3n) is 2.54. The van der Waals surface area contributed by atoms with Crippen molar-refractivity contribution in [3.05, 3.63) is 47.7 Å². The summed E-state index contributed by atoms with van der Waals surface area (Å²) in [5, 5.41) is 9.18. The summed E-state index contributed by atoms with van der Waals surface area (Å²) in [4.78, 5) is 4.39. The van der Waals surface area contributed by atoms with E-state index in [9.17, 15) is 5.11 Å². The Morgan fingerprint density at radius 3 is 2.56 bits per heavy atom. The monoisotopic (exact) mass is 214 g/mol. The predicted molar refractivity (Wildman–Crippen MR) is 64.7 cm³/mol. The van der Waals surface area contributed by atoms with Gasteiger partial charge in [0.1, 0.15) is 0 Å². The highest BCUT2D eigenvalue weighted by molar-refractivity contribution is 5.73. The molecule has 82 valence electrons. The maximum atomic E-state index is 9.18. The average molecular weight is 214 g/mol. The lowest BCUT2D eigenvalue weighted by Crippen LogP contribution is -2.00. The molecule has 0 radical (unpaired) electrons. The number of anilines is 1. The first-order valence-corrected chi connectivity index (χ1v) is 5.14. The van der Waals surface area contributed by atoms with Gasteiger partial charge >= 0.3 is 0 Å². The lowest BCUT2D eigenvalue weighted by molar-refractivity contribution is 0.276. The van der Waals surface area contributed by atoms with Gasteiger partial charge < -0.3 is 10.8 Å². The Bertz CT molecular complexity index is 495. The number of nitrogen functional groups attached to an aromatic ring is 1. The Balaban J connectivity index is 2.57. The van der Waals surface area contributed by atoms with E-state index in [-0.39, 0.29) is 6.61 Å². The van der Waals surface area contributed by atoms with Crippen molar-refractivity contribution in [3.8, 4) is 11.3 Å². The normalized spacial score (nSPS) is 10.4. The van der Waals surface area contributed by atoms with Crippen LogP contribution in [0.2, 0.25) is 0 Å². The molecule has 0 spiro atoms. The predicted octanol–water partition coefficient (Wildman–Crippen LogP) is 2.13. The molecule has 0 aliphatic carbocycles. The number of rotatable bonds is 2. The van der Waals surface area contributed by atoms with E-state index in [0.717, 1.165) is 16.8 Å². The van der Waals surface area contributed by atoms with Gasteiger partial charge in [-0.2, -0.15) is 0 Å². The van der Waals surface area contributed by atoms with Crippen LogP contribution in [0.1, 0.15) is 11.3 Å². The Morgan fingerprint density at radius 1 is 1.25 bits per heavy atom. The van der Waals surface area contributed by atoms with Gasteiger partial charge in [0.05, 0.1) is 23.7 Å². The maximum absolute atomic E-state index is 9.18. The summed E-state index contributed by atoms with van der Waals surface area (Å²) >= 11 is 0. The van der Waals surface area contributed by atoms with Crippen molar-refractivity contribution in [1.29, 1.82) is 0 Å². The Hall–Kier alpha value is -1.87. The van der Waals surface area contributed by atoms with E-state index in [1.54, 1.807) is 0 Å². The molecular formula is C13H14N2O. The number of aliphatic hydroxyl groups is 1. The average Bonchev–Trinajstić information content (AvgIpc) is 2.30. The summed E-state index contributed by atoms with van der Waals surface area (Å²) in [6.07, 6.45) is 0. The van der Waals surface area contributed by atoms with Crippen LogP contribution in [0.15, 0.2) is 36.4 Å². The number of pyridine rings is 1. The van der Waals surface area contributed by atoms with Gasteiger partial charge in [-0.05, 0) is 18.6 Å². The molecule has 0 fully saturated rings. The van der Waals surface area contributed by atoms with Gasteiger partial charge in [-0.25, -0.2) is 4.98 Å². The molecule has 0 bridgehead atoms. The van der Waals surface area contributed by atoms with Crippen LogP contribution in [0, 0.1) is 6.92 Å². The van der Waals surface area contributed by atoms with Gasteiger partial charge in [0.25, 0.3) is 0 Å². The number of aromatic nitrogens is 1. The number of nitrogens with two attached hydrogens (primary N) is 1. The fraction of sp³-hybridized carbons (Fsp3) is 0.154. The zero-order valence-electron chi connectivity index (χ0n) is 9.14. The molecule has 2 rings (SSSR count). The Labute approximate surface area is 94.6 Å². The molecule has 2 aromatic rings. The van der Waals surface area contributed by atoms with Crippen molar-refractivity contribution < 1.29 is 5.11 Å². The molecule has 0 saturated heterocycles. The third kappa shape index (κ3) is 1.90. The first kappa shape index (κ1) is 10.6. The highest BCUT2D eigenvalue weighted by Gasteiger charge is 2.08. The second kappa shape index (κ2) is 4.33. The standard InChI is InChI=1S/C13H14N2O/c1-9-7-11(14)13(15-12(9)8-16)10-5-3-2-4-6-10/h2-7,16H,8,14H2,1H3. The number of aliphatic hydroxyl groups excluding tert-OH is 1. The van der Waals surface area contributed by atoms with Gasteiger partial charge in [0, 0.05) is 5.56 Å². The molecule has 0 saturated carbocycles. The van der Waals surface area contributed by atoms with Crippen molar-refractivity contribution in [2.75, 3.05) is 5.73 Å². The number of hydrogen-bond acceptors (Lipinski definition) is 3. The van der Waals surface area contributed by atoms with E-state index in [1.165, 1.54) is 0 Å². The molecule has 0 atom stereocenters. The van der Waals surface area contributed by atoms with E-state index in [1.807, 2.05) is 43.3 Å². The summed E-state index contributed by atoms with van der Waals surface area (Å²) in [5.41, 5.74) is 9.86. The molecule has 0 unspecified atom stereocenters. The van der Waals surface area contributed by atoms with Crippen LogP contribution in [0.4, 0.5) is 5.69 Å². The number of aryl methyl sites for hydroxylation is 1. The molecule has 1 heterocycles. The molecular weight excluding hydrogens is 200 g/mol. The van der Waals surface area contributed by atoms with E-state index in [2.05, 4.69) is 4.98 Å². The van der Waals surface area contributed by atoms with Gasteiger partial charge in [-0.3, -0.25) is 0 Å². The number of nitrogens with zero attached hydrogens (tertiary/aromatic N) is 1. The van der Waals surface area contributed by atoms with Crippen LogP contribution in [0.5, 0.6) is 0 Å². The fourth-order valence-electron chi connectivity index (χ4n) is 1.66. The minimum Gasteiger partial charge on any atom is -0.397 e. The third-order valence-corrected chi connectivity index (χ3v) is 2.54. The molecule has 0 aliphatic rings. The molecule has 1 aromatic carbocycles. The van der Waals surface area contributed by atoms with E-state index in [4.69, 9.17) is 5.73 Å². The molecule has 3 N–H and O–H groups in total. The smallest absolute Gasteiger partial charge is 0.0935 e. The summed E-state index contributed by atoms with van der Waals surface area (Å²) < 4.78 is 0. The zero-order chi connectivity index (χ0) is 11.5. The van der Waals surface area contributed by atoms with Crippen molar-refractivity contribution in [1.82, 2.24) is 4.98 Å². The largest absolute Gasteiger partial charge is 0.397 e. The van der Waals surface area contributed by atoms with Gasteiger partial charge in [-0.1, -0.05) is 30.3 Å². The molecule has 0 amide bonds. The van der Waals surface area contributed by atoms with Crippen LogP contribution >= 0.6 is 0 Å². The lowest BCUT2D eigenvalue weighted by Gasteiger charge is -2.09. The van der Waals surface area contributed by atoms with Crippen molar-refractivity contribution in [2.24, 2.45) is 0 Å². The SMILES string of the molecule is Cc1cc(N)c(-c2ccccc2)nc1CO. The van der Waals surface area contributed by atoms with Crippen LogP contribution in [-0.4, -0.2) is 10.1 Å². The summed E-state index contributed by atoms with van der Waals surface area (Å²) in [5.74, 6) is 0. The Kier molecular flexibility index (Phi) is 2.88. The topological polar surface area (TPSA) is 59.1 Å². The second-order valence-corrected chi connectivity index (χ2v) is 3.71. The van der Waals surface area contributed by atoms with Gasteiger partial charge in [0.15, 0.2) is 0 Å². The number of benzene rings is 1.